The van der Waals surface area contributed by atoms with Crippen LogP contribution in [0.3, 0.4) is 0 Å². The van der Waals surface area contributed by atoms with Gasteiger partial charge < -0.3 is 0 Å². The summed E-state index contributed by atoms with van der Waals surface area (Å²) in [7, 11) is 0. The molecule has 1 saturated heterocycles. The second kappa shape index (κ2) is 3.20. The maximum atomic E-state index is 2.33. The van der Waals surface area contributed by atoms with Crippen LogP contribution in [0.4, 0.5) is 0 Å². The van der Waals surface area contributed by atoms with Crippen molar-refractivity contribution in [2.24, 2.45) is 0 Å². The number of thioether (sulfide) groups is 2. The summed E-state index contributed by atoms with van der Waals surface area (Å²) < 4.78 is 0.823. The van der Waals surface area contributed by atoms with Gasteiger partial charge in [0.15, 0.2) is 0 Å². The Labute approximate surface area is 66.2 Å². The highest BCUT2D eigenvalue weighted by Gasteiger charge is 2.20. The first-order valence-corrected chi connectivity index (χ1v) is 5.38. The standard InChI is InChI=1S/C7H14S2/c1-5-4-6(2)9-7(3)8-5/h5-7H,4H2,1-3H3/t5-,6-/m1/s1. The van der Waals surface area contributed by atoms with Crippen molar-refractivity contribution < 1.29 is 0 Å². The van der Waals surface area contributed by atoms with Crippen LogP contribution < -0.4 is 0 Å². The summed E-state index contributed by atoms with van der Waals surface area (Å²) in [4.78, 5) is 0. The molecule has 0 aromatic carbocycles. The fourth-order valence-corrected chi connectivity index (χ4v) is 4.89. The van der Waals surface area contributed by atoms with Crippen molar-refractivity contribution in [3.05, 3.63) is 0 Å². The van der Waals surface area contributed by atoms with E-state index in [0.717, 1.165) is 15.1 Å². The van der Waals surface area contributed by atoms with Crippen LogP contribution >= 0.6 is 23.5 Å². The van der Waals surface area contributed by atoms with E-state index in [-0.39, 0.29) is 0 Å². The fourth-order valence-electron chi connectivity index (χ4n) is 1.26. The molecule has 0 spiro atoms. The zero-order valence-corrected chi connectivity index (χ0v) is 7.89. The van der Waals surface area contributed by atoms with E-state index in [1.807, 2.05) is 0 Å². The van der Waals surface area contributed by atoms with E-state index >= 15 is 0 Å². The van der Waals surface area contributed by atoms with E-state index in [0.29, 0.717) is 0 Å². The molecule has 0 nitrogen and oxygen atoms in total. The van der Waals surface area contributed by atoms with Crippen molar-refractivity contribution in [2.75, 3.05) is 0 Å². The molecule has 0 bridgehead atoms. The van der Waals surface area contributed by atoms with Gasteiger partial charge in [-0.1, -0.05) is 13.8 Å². The molecular formula is C7H14S2. The van der Waals surface area contributed by atoms with Gasteiger partial charge >= 0.3 is 0 Å². The minimum absolute atomic E-state index is 0.823. The maximum absolute atomic E-state index is 2.33. The van der Waals surface area contributed by atoms with Crippen LogP contribution in [0, 0.1) is 0 Å². The van der Waals surface area contributed by atoms with E-state index in [1.54, 1.807) is 0 Å². The van der Waals surface area contributed by atoms with E-state index in [9.17, 15) is 0 Å². The van der Waals surface area contributed by atoms with E-state index < -0.39 is 0 Å². The molecule has 0 aromatic heterocycles. The molecule has 0 amide bonds. The molecule has 2 heteroatoms. The van der Waals surface area contributed by atoms with Gasteiger partial charge in [0.25, 0.3) is 0 Å². The highest BCUT2D eigenvalue weighted by atomic mass is 32.2. The Morgan fingerprint density at radius 2 is 1.44 bits per heavy atom. The maximum Gasteiger partial charge on any atom is 0.0479 e. The lowest BCUT2D eigenvalue weighted by Crippen LogP contribution is -2.17. The topological polar surface area (TPSA) is 0 Å². The number of rotatable bonds is 0. The van der Waals surface area contributed by atoms with E-state index in [1.165, 1.54) is 6.42 Å². The summed E-state index contributed by atoms with van der Waals surface area (Å²) in [5, 5.41) is 1.77. The highest BCUT2D eigenvalue weighted by Crippen LogP contribution is 2.39. The van der Waals surface area contributed by atoms with Gasteiger partial charge in [-0.05, 0) is 13.3 Å². The predicted molar refractivity (Wildman–Crippen MR) is 48.2 cm³/mol. The molecule has 0 aliphatic carbocycles. The van der Waals surface area contributed by atoms with Gasteiger partial charge in [0.1, 0.15) is 0 Å². The van der Waals surface area contributed by atoms with Crippen LogP contribution in [0.5, 0.6) is 0 Å². The van der Waals surface area contributed by atoms with Crippen LogP contribution in [0.1, 0.15) is 27.2 Å². The quantitative estimate of drug-likeness (QED) is 0.537. The van der Waals surface area contributed by atoms with Gasteiger partial charge in [0, 0.05) is 15.1 Å². The van der Waals surface area contributed by atoms with Crippen molar-refractivity contribution in [2.45, 2.75) is 42.3 Å². The zero-order valence-electron chi connectivity index (χ0n) is 6.26. The van der Waals surface area contributed by atoms with Gasteiger partial charge in [-0.25, -0.2) is 0 Å². The SMILES string of the molecule is CC1S[C@H](C)C[C@@H](C)S1. The number of hydrogen-bond donors (Lipinski definition) is 0. The summed E-state index contributed by atoms with van der Waals surface area (Å²) in [6.07, 6.45) is 1.39. The van der Waals surface area contributed by atoms with Gasteiger partial charge in [-0.2, -0.15) is 0 Å². The van der Waals surface area contributed by atoms with Crippen LogP contribution in [-0.2, 0) is 0 Å². The Bertz CT molecular complexity index is 67.9. The van der Waals surface area contributed by atoms with E-state index in [2.05, 4.69) is 44.3 Å². The van der Waals surface area contributed by atoms with Gasteiger partial charge in [-0.15, -0.1) is 23.5 Å². The first-order valence-electron chi connectivity index (χ1n) is 3.49. The monoisotopic (exact) mass is 162 g/mol. The summed E-state index contributed by atoms with van der Waals surface area (Å²) in [6.45, 7) is 6.97. The number of hydrogen-bond acceptors (Lipinski definition) is 2. The molecule has 0 N–H and O–H groups in total. The predicted octanol–water partition coefficient (Wildman–Crippen LogP) is 2.98. The van der Waals surface area contributed by atoms with Crippen molar-refractivity contribution in [1.29, 1.82) is 0 Å². The molecule has 0 unspecified atom stereocenters. The van der Waals surface area contributed by atoms with Crippen molar-refractivity contribution in [3.63, 3.8) is 0 Å². The molecule has 1 rings (SSSR count). The van der Waals surface area contributed by atoms with Crippen molar-refractivity contribution in [1.82, 2.24) is 0 Å². The third kappa shape index (κ3) is 2.42. The second-order valence-corrected chi connectivity index (χ2v) is 6.56. The smallest absolute Gasteiger partial charge is 0.0479 e. The fraction of sp³-hybridized carbons (Fsp3) is 1.00. The molecule has 1 aliphatic heterocycles. The Morgan fingerprint density at radius 3 is 1.78 bits per heavy atom. The molecular weight excluding hydrogens is 148 g/mol. The van der Waals surface area contributed by atoms with Crippen LogP contribution in [-0.4, -0.2) is 15.1 Å². The third-order valence-electron chi connectivity index (χ3n) is 1.51. The summed E-state index contributed by atoms with van der Waals surface area (Å²) in [5.41, 5.74) is 0. The molecule has 0 saturated carbocycles. The zero-order chi connectivity index (χ0) is 6.85. The average molecular weight is 162 g/mol. The minimum Gasteiger partial charge on any atom is -0.145 e. The Morgan fingerprint density at radius 1 is 1.00 bits per heavy atom. The molecule has 9 heavy (non-hydrogen) atoms. The van der Waals surface area contributed by atoms with Gasteiger partial charge in [0.05, 0.1) is 0 Å². The lowest BCUT2D eigenvalue weighted by Gasteiger charge is -2.27. The van der Waals surface area contributed by atoms with Crippen LogP contribution in [0.25, 0.3) is 0 Å². The molecule has 0 radical (unpaired) electrons. The molecule has 1 aliphatic rings. The average Bonchev–Trinajstić information content (AvgIpc) is 1.59. The van der Waals surface area contributed by atoms with Crippen molar-refractivity contribution in [3.8, 4) is 0 Å². The molecule has 1 heterocycles. The molecule has 1 fully saturated rings. The summed E-state index contributed by atoms with van der Waals surface area (Å²) in [5.74, 6) is 0. The molecule has 2 atom stereocenters. The second-order valence-electron chi connectivity index (χ2n) is 2.70. The first kappa shape index (κ1) is 7.80. The third-order valence-corrected chi connectivity index (χ3v) is 4.26. The van der Waals surface area contributed by atoms with Gasteiger partial charge in [0.2, 0.25) is 0 Å². The molecule has 0 aromatic rings. The first-order chi connectivity index (χ1) is 4.18. The van der Waals surface area contributed by atoms with E-state index in [4.69, 9.17) is 0 Å². The van der Waals surface area contributed by atoms with Crippen molar-refractivity contribution >= 4 is 23.5 Å². The minimum atomic E-state index is 0.823. The van der Waals surface area contributed by atoms with Gasteiger partial charge in [-0.3, -0.25) is 0 Å². The largest absolute Gasteiger partial charge is 0.145 e. The Hall–Kier alpha value is 0.700. The van der Waals surface area contributed by atoms with Crippen LogP contribution in [0.2, 0.25) is 0 Å². The molecule has 54 valence electrons. The highest BCUT2D eigenvalue weighted by molar-refractivity contribution is 8.18. The summed E-state index contributed by atoms with van der Waals surface area (Å²) in [6, 6.07) is 0. The van der Waals surface area contributed by atoms with Crippen LogP contribution in [0.15, 0.2) is 0 Å². The Balaban J connectivity index is 2.34. The normalized spacial score (nSPS) is 45.0. The lowest BCUT2D eigenvalue weighted by atomic mass is 10.3. The lowest BCUT2D eigenvalue weighted by molar-refractivity contribution is 0.792. The Kier molecular flexibility index (Phi) is 2.77. The summed E-state index contributed by atoms with van der Waals surface area (Å²) >= 11 is 4.22.